The quantitative estimate of drug-likeness (QED) is 0.225. The maximum Gasteiger partial charge on any atom is 0.144 e. The highest BCUT2D eigenvalue weighted by molar-refractivity contribution is 6.32. The van der Waals surface area contributed by atoms with Crippen LogP contribution in [-0.4, -0.2) is 28.2 Å². The number of imidazole rings is 1. The van der Waals surface area contributed by atoms with Crippen molar-refractivity contribution in [3.8, 4) is 11.5 Å². The van der Waals surface area contributed by atoms with Gasteiger partial charge in [0.05, 0.1) is 52.5 Å². The predicted molar refractivity (Wildman–Crippen MR) is 139 cm³/mol. The van der Waals surface area contributed by atoms with E-state index in [4.69, 9.17) is 26.1 Å². The van der Waals surface area contributed by atoms with Crippen LogP contribution in [0.1, 0.15) is 45.2 Å². The molecule has 8 heteroatoms. The normalized spacial score (nSPS) is 10.9. The van der Waals surface area contributed by atoms with E-state index >= 15 is 0 Å². The number of aromatic amines is 1. The molecule has 2 aromatic heterocycles. The van der Waals surface area contributed by atoms with E-state index in [0.717, 1.165) is 64.7 Å². The fourth-order valence-corrected chi connectivity index (χ4v) is 3.84. The van der Waals surface area contributed by atoms with Crippen LogP contribution < -0.4 is 14.8 Å². The average Bonchev–Trinajstić information content (AvgIpc) is 3.25. The number of rotatable bonds is 10. The Bertz CT molecular complexity index is 1230. The van der Waals surface area contributed by atoms with Crippen LogP contribution in [0.3, 0.4) is 0 Å². The van der Waals surface area contributed by atoms with Crippen LogP contribution in [0, 0.1) is 6.92 Å². The second kappa shape index (κ2) is 11.4. The molecule has 0 aliphatic carbocycles. The van der Waals surface area contributed by atoms with E-state index in [0.29, 0.717) is 29.7 Å². The summed E-state index contributed by atoms with van der Waals surface area (Å²) in [6, 6.07) is 9.77. The second-order valence-corrected chi connectivity index (χ2v) is 8.28. The molecule has 2 heterocycles. The standard InChI is InChI=1S/C25H29ClN4O2.ClH/c1-4-6-10-31-22-14-20(23(13-17(22)26)32-11-7-5-2)30-21-12-16(3)29-18-8-9-19-25(24(18)21)28-15-27-19;/h8-9,12-15H,4-7,10-11H2,1-3H3,(H,27,28)(H,29,30);1H. The lowest BCUT2D eigenvalue weighted by Gasteiger charge is -2.18. The Kier molecular flexibility index (Phi) is 8.64. The summed E-state index contributed by atoms with van der Waals surface area (Å²) in [5.41, 5.74) is 5.38. The van der Waals surface area contributed by atoms with Gasteiger partial charge in [0.15, 0.2) is 0 Å². The van der Waals surface area contributed by atoms with Crippen molar-refractivity contribution in [2.24, 2.45) is 0 Å². The van der Waals surface area contributed by atoms with E-state index in [9.17, 15) is 0 Å². The van der Waals surface area contributed by atoms with Gasteiger partial charge < -0.3 is 19.8 Å². The number of unbranched alkanes of at least 4 members (excludes halogenated alkanes) is 2. The number of H-pyrrole nitrogens is 1. The molecule has 0 unspecified atom stereocenters. The first-order valence-corrected chi connectivity index (χ1v) is 11.6. The first-order chi connectivity index (χ1) is 15.6. The maximum atomic E-state index is 6.52. The summed E-state index contributed by atoms with van der Waals surface area (Å²) in [6.07, 6.45) is 5.76. The number of ether oxygens (including phenoxy) is 2. The van der Waals surface area contributed by atoms with Gasteiger partial charge in [-0.15, -0.1) is 12.4 Å². The fraction of sp³-hybridized carbons (Fsp3) is 0.360. The van der Waals surface area contributed by atoms with E-state index in [-0.39, 0.29) is 12.4 Å². The number of benzene rings is 2. The Labute approximate surface area is 205 Å². The van der Waals surface area contributed by atoms with Gasteiger partial charge >= 0.3 is 0 Å². The molecule has 0 saturated heterocycles. The van der Waals surface area contributed by atoms with Crippen LogP contribution in [0.4, 0.5) is 11.4 Å². The van der Waals surface area contributed by atoms with Crippen molar-refractivity contribution in [2.45, 2.75) is 46.5 Å². The van der Waals surface area contributed by atoms with Gasteiger partial charge in [-0.3, -0.25) is 4.98 Å². The number of hydrogen-bond donors (Lipinski definition) is 2. The largest absolute Gasteiger partial charge is 0.492 e. The lowest BCUT2D eigenvalue weighted by atomic mass is 10.1. The molecule has 0 atom stereocenters. The van der Waals surface area contributed by atoms with Crippen molar-refractivity contribution >= 4 is 57.3 Å². The zero-order chi connectivity index (χ0) is 22.5. The summed E-state index contributed by atoms with van der Waals surface area (Å²) in [7, 11) is 0. The molecule has 2 N–H and O–H groups in total. The number of aryl methyl sites for hydroxylation is 1. The van der Waals surface area contributed by atoms with Crippen LogP contribution in [0.25, 0.3) is 21.9 Å². The molecule has 0 aliphatic heterocycles. The number of halogens is 2. The number of anilines is 2. The van der Waals surface area contributed by atoms with Gasteiger partial charge in [-0.1, -0.05) is 38.3 Å². The number of hydrogen-bond acceptors (Lipinski definition) is 5. The zero-order valence-corrected chi connectivity index (χ0v) is 20.8. The molecule has 0 amide bonds. The average molecular weight is 489 g/mol. The molecule has 176 valence electrons. The van der Waals surface area contributed by atoms with Crippen molar-refractivity contribution in [1.29, 1.82) is 0 Å². The molecule has 4 rings (SSSR count). The molecule has 0 aliphatic rings. The third-order valence-corrected chi connectivity index (χ3v) is 5.60. The second-order valence-electron chi connectivity index (χ2n) is 7.88. The summed E-state index contributed by atoms with van der Waals surface area (Å²) >= 11 is 6.52. The Morgan fingerprint density at radius 1 is 0.939 bits per heavy atom. The number of aromatic nitrogens is 3. The molecular formula is C25H30Cl2N4O2. The van der Waals surface area contributed by atoms with E-state index in [1.807, 2.05) is 37.3 Å². The molecule has 0 bridgehead atoms. The summed E-state index contributed by atoms with van der Waals surface area (Å²) < 4.78 is 12.0. The lowest BCUT2D eigenvalue weighted by Crippen LogP contribution is -2.04. The topological polar surface area (TPSA) is 72.1 Å². The van der Waals surface area contributed by atoms with Crippen molar-refractivity contribution < 1.29 is 9.47 Å². The summed E-state index contributed by atoms with van der Waals surface area (Å²) in [4.78, 5) is 12.4. The van der Waals surface area contributed by atoms with Crippen molar-refractivity contribution in [3.05, 3.63) is 47.4 Å². The first kappa shape index (κ1) is 24.9. The van der Waals surface area contributed by atoms with Gasteiger partial charge in [0.1, 0.15) is 11.5 Å². The third kappa shape index (κ3) is 5.63. The Morgan fingerprint density at radius 2 is 1.64 bits per heavy atom. The number of fused-ring (bicyclic) bond motifs is 3. The third-order valence-electron chi connectivity index (χ3n) is 5.31. The molecular weight excluding hydrogens is 459 g/mol. The molecule has 0 saturated carbocycles. The van der Waals surface area contributed by atoms with E-state index in [2.05, 4.69) is 29.1 Å². The van der Waals surface area contributed by atoms with Crippen molar-refractivity contribution in [3.63, 3.8) is 0 Å². The Balaban J connectivity index is 0.00000306. The van der Waals surface area contributed by atoms with Crippen molar-refractivity contribution in [1.82, 2.24) is 15.0 Å². The van der Waals surface area contributed by atoms with Gasteiger partial charge in [0.25, 0.3) is 0 Å². The predicted octanol–water partition coefficient (Wildman–Crippen LogP) is 7.60. The molecule has 33 heavy (non-hydrogen) atoms. The van der Waals surface area contributed by atoms with Crippen LogP contribution in [0.2, 0.25) is 5.02 Å². The Morgan fingerprint density at radius 3 is 2.36 bits per heavy atom. The molecule has 2 aromatic carbocycles. The highest BCUT2D eigenvalue weighted by Gasteiger charge is 2.15. The number of pyridine rings is 1. The molecule has 0 fully saturated rings. The smallest absolute Gasteiger partial charge is 0.144 e. The van der Waals surface area contributed by atoms with E-state index in [1.165, 1.54) is 0 Å². The minimum atomic E-state index is 0. The molecule has 6 nitrogen and oxygen atoms in total. The number of nitrogens with one attached hydrogen (secondary N) is 2. The SMILES string of the molecule is CCCCOc1cc(Nc2cc(C)nc3ccc4nc[nH]c4c23)c(OCCCC)cc1Cl.Cl. The van der Waals surface area contributed by atoms with E-state index in [1.54, 1.807) is 6.33 Å². The van der Waals surface area contributed by atoms with Crippen LogP contribution >= 0.6 is 24.0 Å². The minimum absolute atomic E-state index is 0. The van der Waals surface area contributed by atoms with E-state index < -0.39 is 0 Å². The summed E-state index contributed by atoms with van der Waals surface area (Å²) in [5, 5.41) is 5.10. The highest BCUT2D eigenvalue weighted by atomic mass is 35.5. The first-order valence-electron chi connectivity index (χ1n) is 11.2. The molecule has 0 spiro atoms. The zero-order valence-electron chi connectivity index (χ0n) is 19.2. The van der Waals surface area contributed by atoms with Gasteiger partial charge in [0.2, 0.25) is 0 Å². The molecule has 0 radical (unpaired) electrons. The lowest BCUT2D eigenvalue weighted by molar-refractivity contribution is 0.302. The van der Waals surface area contributed by atoms with Crippen LogP contribution in [-0.2, 0) is 0 Å². The Hall–Kier alpha value is -2.70. The number of nitrogens with zero attached hydrogens (tertiary/aromatic N) is 2. The summed E-state index contributed by atoms with van der Waals surface area (Å²) in [5.74, 6) is 1.35. The van der Waals surface area contributed by atoms with Gasteiger partial charge in [0, 0.05) is 23.2 Å². The van der Waals surface area contributed by atoms with Gasteiger partial charge in [-0.2, -0.15) is 0 Å². The monoisotopic (exact) mass is 488 g/mol. The van der Waals surface area contributed by atoms with Crippen molar-refractivity contribution in [2.75, 3.05) is 18.5 Å². The fourth-order valence-electron chi connectivity index (χ4n) is 3.63. The van der Waals surface area contributed by atoms with Crippen LogP contribution in [0.5, 0.6) is 11.5 Å². The molecule has 4 aromatic rings. The minimum Gasteiger partial charge on any atom is -0.492 e. The highest BCUT2D eigenvalue weighted by Crippen LogP contribution is 2.40. The van der Waals surface area contributed by atoms with Gasteiger partial charge in [-0.25, -0.2) is 4.98 Å². The van der Waals surface area contributed by atoms with Gasteiger partial charge in [-0.05, 0) is 38.0 Å². The van der Waals surface area contributed by atoms with Crippen LogP contribution in [0.15, 0.2) is 36.7 Å². The summed E-state index contributed by atoms with van der Waals surface area (Å²) in [6.45, 7) is 7.51. The maximum absolute atomic E-state index is 6.52.